The maximum Gasteiger partial charge on any atom is 0.0509 e. The second-order valence-corrected chi connectivity index (χ2v) is 5.25. The molecule has 0 saturated carbocycles. The molecule has 0 aliphatic carbocycles. The number of hydrogen-bond acceptors (Lipinski definition) is 2. The molecule has 2 heterocycles. The Balaban J connectivity index is 1.79. The van der Waals surface area contributed by atoms with Gasteiger partial charge in [0.05, 0.1) is 5.88 Å². The largest absolute Gasteiger partial charge is 0.371 e. The van der Waals surface area contributed by atoms with Crippen LogP contribution in [0.1, 0.15) is 23.5 Å². The number of halogens is 1. The Morgan fingerprint density at radius 2 is 2.05 bits per heavy atom. The highest BCUT2D eigenvalue weighted by Gasteiger charge is 2.25. The SMILES string of the molecule is ClCc1cnccc1N1CCC(c2ccccc2)C1. The summed E-state index contributed by atoms with van der Waals surface area (Å²) in [6.07, 6.45) is 4.92. The van der Waals surface area contributed by atoms with Crippen molar-refractivity contribution in [2.45, 2.75) is 18.2 Å². The van der Waals surface area contributed by atoms with Gasteiger partial charge < -0.3 is 4.90 Å². The number of anilines is 1. The second-order valence-electron chi connectivity index (χ2n) is 4.98. The molecular formula is C16H17ClN2. The third kappa shape index (κ3) is 2.59. The highest BCUT2D eigenvalue weighted by Crippen LogP contribution is 2.32. The molecule has 1 aliphatic heterocycles. The molecule has 98 valence electrons. The lowest BCUT2D eigenvalue weighted by molar-refractivity contribution is 0.775. The summed E-state index contributed by atoms with van der Waals surface area (Å²) in [6.45, 7) is 2.16. The predicted octanol–water partition coefficient (Wildman–Crippen LogP) is 3.81. The van der Waals surface area contributed by atoms with E-state index in [2.05, 4.69) is 46.3 Å². The van der Waals surface area contributed by atoms with Gasteiger partial charge in [-0.2, -0.15) is 0 Å². The Labute approximate surface area is 119 Å². The van der Waals surface area contributed by atoms with Gasteiger partial charge >= 0.3 is 0 Å². The normalized spacial score (nSPS) is 18.8. The molecule has 0 amide bonds. The van der Waals surface area contributed by atoms with Crippen molar-refractivity contribution < 1.29 is 0 Å². The lowest BCUT2D eigenvalue weighted by Gasteiger charge is -2.21. The molecule has 3 heteroatoms. The summed E-state index contributed by atoms with van der Waals surface area (Å²) in [6, 6.07) is 12.8. The van der Waals surface area contributed by atoms with E-state index in [4.69, 9.17) is 11.6 Å². The quantitative estimate of drug-likeness (QED) is 0.790. The van der Waals surface area contributed by atoms with Crippen molar-refractivity contribution in [3.05, 3.63) is 59.9 Å². The number of pyridine rings is 1. The van der Waals surface area contributed by atoms with E-state index in [9.17, 15) is 0 Å². The molecule has 1 aromatic carbocycles. The maximum atomic E-state index is 6.00. The smallest absolute Gasteiger partial charge is 0.0509 e. The van der Waals surface area contributed by atoms with Crippen molar-refractivity contribution >= 4 is 17.3 Å². The van der Waals surface area contributed by atoms with E-state index in [0.29, 0.717) is 11.8 Å². The lowest BCUT2D eigenvalue weighted by atomic mass is 9.99. The Morgan fingerprint density at radius 1 is 1.21 bits per heavy atom. The molecule has 3 rings (SSSR count). The summed E-state index contributed by atoms with van der Waals surface area (Å²) in [5.74, 6) is 1.15. The van der Waals surface area contributed by atoms with Crippen LogP contribution in [-0.2, 0) is 5.88 Å². The van der Waals surface area contributed by atoms with E-state index in [1.165, 1.54) is 17.7 Å². The highest BCUT2D eigenvalue weighted by molar-refractivity contribution is 6.17. The number of alkyl halides is 1. The van der Waals surface area contributed by atoms with Crippen molar-refractivity contribution in [3.63, 3.8) is 0 Å². The van der Waals surface area contributed by atoms with E-state index in [1.807, 2.05) is 12.4 Å². The zero-order valence-corrected chi connectivity index (χ0v) is 11.6. The minimum atomic E-state index is 0.523. The summed E-state index contributed by atoms with van der Waals surface area (Å²) in [5, 5.41) is 0. The average Bonchev–Trinajstić information content (AvgIpc) is 2.98. The molecule has 1 aliphatic rings. The Hall–Kier alpha value is -1.54. The average molecular weight is 273 g/mol. The molecule has 2 nitrogen and oxygen atoms in total. The van der Waals surface area contributed by atoms with Crippen LogP contribution in [0.3, 0.4) is 0 Å². The maximum absolute atomic E-state index is 6.00. The van der Waals surface area contributed by atoms with Crippen LogP contribution in [0.5, 0.6) is 0 Å². The van der Waals surface area contributed by atoms with Crippen LogP contribution in [0, 0.1) is 0 Å². The summed E-state index contributed by atoms with van der Waals surface area (Å²) in [5.41, 5.74) is 3.80. The first-order chi connectivity index (χ1) is 9.38. The standard InChI is InChI=1S/C16H17ClN2/c17-10-15-11-18-8-6-16(15)19-9-7-14(12-19)13-4-2-1-3-5-13/h1-6,8,11,14H,7,9-10,12H2. The van der Waals surface area contributed by atoms with E-state index in [0.717, 1.165) is 18.7 Å². The van der Waals surface area contributed by atoms with Crippen LogP contribution < -0.4 is 4.90 Å². The molecular weight excluding hydrogens is 256 g/mol. The molecule has 0 spiro atoms. The number of hydrogen-bond donors (Lipinski definition) is 0. The van der Waals surface area contributed by atoms with E-state index in [1.54, 1.807) is 0 Å². The van der Waals surface area contributed by atoms with Gasteiger partial charge in [0.2, 0.25) is 0 Å². The zero-order chi connectivity index (χ0) is 13.1. The molecule has 0 radical (unpaired) electrons. The molecule has 1 saturated heterocycles. The first-order valence-corrected chi connectivity index (χ1v) is 7.20. The van der Waals surface area contributed by atoms with Gasteiger partial charge in [0.1, 0.15) is 0 Å². The van der Waals surface area contributed by atoms with Crippen molar-refractivity contribution in [2.75, 3.05) is 18.0 Å². The van der Waals surface area contributed by atoms with Crippen LogP contribution in [0.2, 0.25) is 0 Å². The van der Waals surface area contributed by atoms with Crippen molar-refractivity contribution in [1.82, 2.24) is 4.98 Å². The monoisotopic (exact) mass is 272 g/mol. The van der Waals surface area contributed by atoms with Crippen LogP contribution in [-0.4, -0.2) is 18.1 Å². The summed E-state index contributed by atoms with van der Waals surface area (Å²) in [7, 11) is 0. The van der Waals surface area contributed by atoms with Crippen LogP contribution in [0.25, 0.3) is 0 Å². The zero-order valence-electron chi connectivity index (χ0n) is 10.8. The van der Waals surface area contributed by atoms with Gasteiger partial charge in [0.15, 0.2) is 0 Å². The molecule has 2 aromatic rings. The van der Waals surface area contributed by atoms with Gasteiger partial charge in [-0.3, -0.25) is 4.98 Å². The summed E-state index contributed by atoms with van der Waals surface area (Å²) in [4.78, 5) is 6.58. The third-order valence-corrected chi connectivity index (χ3v) is 4.11. The predicted molar refractivity (Wildman–Crippen MR) is 79.8 cm³/mol. The van der Waals surface area contributed by atoms with Gasteiger partial charge in [-0.15, -0.1) is 11.6 Å². The van der Waals surface area contributed by atoms with E-state index >= 15 is 0 Å². The fraction of sp³-hybridized carbons (Fsp3) is 0.312. The van der Waals surface area contributed by atoms with E-state index in [-0.39, 0.29) is 0 Å². The molecule has 1 unspecified atom stereocenters. The Kier molecular flexibility index (Phi) is 3.69. The van der Waals surface area contributed by atoms with Gasteiger partial charge in [-0.05, 0) is 18.1 Å². The van der Waals surface area contributed by atoms with E-state index < -0.39 is 0 Å². The van der Waals surface area contributed by atoms with Crippen LogP contribution >= 0.6 is 11.6 Å². The van der Waals surface area contributed by atoms with Gasteiger partial charge in [-0.1, -0.05) is 30.3 Å². The minimum absolute atomic E-state index is 0.523. The fourth-order valence-electron chi connectivity index (χ4n) is 2.81. The topological polar surface area (TPSA) is 16.1 Å². The molecule has 0 N–H and O–H groups in total. The van der Waals surface area contributed by atoms with Gasteiger partial charge in [0.25, 0.3) is 0 Å². The van der Waals surface area contributed by atoms with Crippen molar-refractivity contribution in [1.29, 1.82) is 0 Å². The number of nitrogens with zero attached hydrogens (tertiary/aromatic N) is 2. The Bertz CT molecular complexity index is 541. The first kappa shape index (κ1) is 12.5. The number of aromatic nitrogens is 1. The second kappa shape index (κ2) is 5.62. The van der Waals surface area contributed by atoms with Crippen molar-refractivity contribution in [2.24, 2.45) is 0 Å². The van der Waals surface area contributed by atoms with Crippen molar-refractivity contribution in [3.8, 4) is 0 Å². The molecule has 1 fully saturated rings. The number of rotatable bonds is 3. The number of benzene rings is 1. The molecule has 0 bridgehead atoms. The first-order valence-electron chi connectivity index (χ1n) is 6.67. The lowest BCUT2D eigenvalue weighted by Crippen LogP contribution is -2.20. The van der Waals surface area contributed by atoms with Crippen LogP contribution in [0.4, 0.5) is 5.69 Å². The van der Waals surface area contributed by atoms with Gasteiger partial charge in [-0.25, -0.2) is 0 Å². The molecule has 19 heavy (non-hydrogen) atoms. The Morgan fingerprint density at radius 3 is 2.84 bits per heavy atom. The minimum Gasteiger partial charge on any atom is -0.371 e. The summed E-state index contributed by atoms with van der Waals surface area (Å²) >= 11 is 6.00. The van der Waals surface area contributed by atoms with Crippen LogP contribution in [0.15, 0.2) is 48.8 Å². The fourth-order valence-corrected chi connectivity index (χ4v) is 3.01. The van der Waals surface area contributed by atoms with Gasteiger partial charge in [0, 0.05) is 42.7 Å². The molecule has 1 atom stereocenters. The highest BCUT2D eigenvalue weighted by atomic mass is 35.5. The third-order valence-electron chi connectivity index (χ3n) is 3.82. The molecule has 1 aromatic heterocycles. The summed E-state index contributed by atoms with van der Waals surface area (Å²) < 4.78 is 0.